The zero-order chi connectivity index (χ0) is 32.1. The van der Waals surface area contributed by atoms with Gasteiger partial charge in [-0.1, -0.05) is 102 Å². The van der Waals surface area contributed by atoms with E-state index >= 15 is 0 Å². The van der Waals surface area contributed by atoms with Crippen LogP contribution in [0.5, 0.6) is 0 Å². The van der Waals surface area contributed by atoms with Gasteiger partial charge >= 0.3 is 17.1 Å². The normalized spacial score (nSPS) is 35.3. The standard InChI is InChI=1S/C16H28N3S.C16H24N3S.ClHO4.Mn/c2*1-20-12-10-15(13-6-2-4-8-17-13)19-16(11-12)14-7-3-5-9-18-14;2-1(3,4)5;/h12-16H,2-11H2,1H3;10-11,13-15H,2-9H2,1H3;(H,2,3,4,5);/q2*-3;;+2/p-1. The van der Waals surface area contributed by atoms with Crippen LogP contribution in [0.25, 0.3) is 31.9 Å². The number of hydrogen-bond donors (Lipinski definition) is 0. The average Bonchev–Trinajstić information content (AvgIpc) is 3.09. The Bertz CT molecular complexity index is 880. The molecule has 0 saturated carbocycles. The molecule has 0 N–H and O–H groups in total. The summed E-state index contributed by atoms with van der Waals surface area (Å²) in [7, 11) is -4.94. The molecule has 0 aliphatic carbocycles. The molecule has 14 heteroatoms. The van der Waals surface area contributed by atoms with Crippen molar-refractivity contribution >= 4 is 23.5 Å². The van der Waals surface area contributed by atoms with Crippen molar-refractivity contribution in [3.8, 4) is 0 Å². The van der Waals surface area contributed by atoms with Gasteiger partial charge in [-0.15, -0.1) is 66.3 Å². The molecule has 0 bridgehead atoms. The summed E-state index contributed by atoms with van der Waals surface area (Å²) >= 11 is 3.86. The van der Waals surface area contributed by atoms with Gasteiger partial charge in [0.1, 0.15) is 0 Å². The summed E-state index contributed by atoms with van der Waals surface area (Å²) in [6.07, 6.45) is 26.8. The minimum Gasteiger partial charge on any atom is -0.684 e. The molecule has 46 heavy (non-hydrogen) atoms. The van der Waals surface area contributed by atoms with Crippen LogP contribution in [-0.2, 0) is 17.1 Å². The first kappa shape index (κ1) is 40.9. The number of hydrogen-bond acceptors (Lipinski definition) is 6. The van der Waals surface area contributed by atoms with Gasteiger partial charge in [0.25, 0.3) is 0 Å². The van der Waals surface area contributed by atoms with E-state index in [0.717, 1.165) is 31.4 Å². The largest absolute Gasteiger partial charge is 2.00 e. The molecule has 7 atom stereocenters. The summed E-state index contributed by atoms with van der Waals surface area (Å²) in [5.74, 6) is 0. The second-order valence-electron chi connectivity index (χ2n) is 12.8. The van der Waals surface area contributed by atoms with Crippen LogP contribution < -0.4 is 18.6 Å². The molecule has 6 aliphatic rings. The SMILES string of the molecule is CSC1=CC(C2CCCC[N-]2)[N-]C(C2CCCC[N-]2)=C1.CSC1CC(C2CCCC[N-]2)[N-]C(C2CCCC[N-]2)C1.[Mn+2].[O-][Cl+3]([O-])([O-])[O-]. The molecule has 0 aromatic carbocycles. The van der Waals surface area contributed by atoms with Gasteiger partial charge in [0, 0.05) is 10.2 Å². The number of piperidine rings is 5. The van der Waals surface area contributed by atoms with E-state index < -0.39 is 10.2 Å². The molecule has 5 saturated heterocycles. The van der Waals surface area contributed by atoms with Crippen LogP contribution in [-0.4, -0.2) is 86.2 Å². The minimum atomic E-state index is -4.94. The topological polar surface area (TPSA) is 177 Å². The molecular formula is C32H52ClMnN6O4S2-5. The van der Waals surface area contributed by atoms with Crippen LogP contribution in [0.2, 0.25) is 0 Å². The van der Waals surface area contributed by atoms with E-state index in [2.05, 4.69) is 24.7 Å². The molecule has 0 aromatic rings. The Kier molecular flexibility index (Phi) is 19.2. The van der Waals surface area contributed by atoms with Crippen LogP contribution >= 0.6 is 23.5 Å². The summed E-state index contributed by atoms with van der Waals surface area (Å²) in [6.45, 7) is 4.17. The maximum absolute atomic E-state index is 8.49. The van der Waals surface area contributed by atoms with Crippen molar-refractivity contribution in [1.29, 1.82) is 0 Å². The van der Waals surface area contributed by atoms with Crippen LogP contribution in [0.15, 0.2) is 22.8 Å². The first-order valence-corrected chi connectivity index (χ1v) is 20.7. The van der Waals surface area contributed by atoms with E-state index in [4.69, 9.17) is 50.5 Å². The predicted octanol–water partition coefficient (Wildman–Crippen LogP) is 4.44. The summed E-state index contributed by atoms with van der Waals surface area (Å²) in [5, 5.41) is 30.3. The van der Waals surface area contributed by atoms with Gasteiger partial charge in [0.2, 0.25) is 0 Å². The molecule has 10 nitrogen and oxygen atoms in total. The number of halogens is 1. The van der Waals surface area contributed by atoms with E-state index in [9.17, 15) is 0 Å². The first-order chi connectivity index (χ1) is 21.7. The van der Waals surface area contributed by atoms with E-state index in [-0.39, 0.29) is 23.1 Å². The molecule has 0 aromatic heterocycles. The van der Waals surface area contributed by atoms with Gasteiger partial charge in [-0.25, -0.2) is 18.6 Å². The third-order valence-corrected chi connectivity index (χ3v) is 11.3. The molecule has 6 aliphatic heterocycles. The van der Waals surface area contributed by atoms with Crippen molar-refractivity contribution in [3.63, 3.8) is 0 Å². The van der Waals surface area contributed by atoms with Crippen molar-refractivity contribution in [2.75, 3.05) is 38.7 Å². The van der Waals surface area contributed by atoms with Crippen LogP contribution in [0, 0.1) is 10.2 Å². The molecule has 1 radical (unpaired) electrons. The fourth-order valence-corrected chi connectivity index (χ4v) is 8.49. The Morgan fingerprint density at radius 3 is 1.54 bits per heavy atom. The third kappa shape index (κ3) is 14.3. The third-order valence-electron chi connectivity index (χ3n) is 9.56. The molecule has 5 fully saturated rings. The number of thioether (sulfide) groups is 2. The van der Waals surface area contributed by atoms with E-state index in [1.807, 2.05) is 23.5 Å². The smallest absolute Gasteiger partial charge is 0.684 e. The quantitative estimate of drug-likeness (QED) is 0.364. The summed E-state index contributed by atoms with van der Waals surface area (Å²) in [5.41, 5.74) is 1.21. The van der Waals surface area contributed by atoms with Crippen molar-refractivity contribution in [2.24, 2.45) is 0 Å². The van der Waals surface area contributed by atoms with Gasteiger partial charge in [0.15, 0.2) is 0 Å². The van der Waals surface area contributed by atoms with Crippen LogP contribution in [0.3, 0.4) is 0 Å². The Morgan fingerprint density at radius 2 is 1.13 bits per heavy atom. The van der Waals surface area contributed by atoms with E-state index in [0.29, 0.717) is 36.3 Å². The molecule has 6 heterocycles. The monoisotopic (exact) mass is 738 g/mol. The molecule has 7 unspecified atom stereocenters. The van der Waals surface area contributed by atoms with E-state index in [1.165, 1.54) is 100 Å². The first-order valence-electron chi connectivity index (χ1n) is 16.9. The minimum absolute atomic E-state index is 0. The Labute approximate surface area is 298 Å². The molecule has 265 valence electrons. The Balaban J connectivity index is 0.000000215. The van der Waals surface area contributed by atoms with Gasteiger partial charge in [-0.2, -0.15) is 41.6 Å². The van der Waals surface area contributed by atoms with Gasteiger partial charge < -0.3 is 31.9 Å². The van der Waals surface area contributed by atoms with Gasteiger partial charge in [-0.05, 0) is 12.5 Å². The summed E-state index contributed by atoms with van der Waals surface area (Å²) in [6, 6.07) is 3.01. The number of allylic oxidation sites excluding steroid dienone is 1. The number of rotatable bonds is 6. The number of nitrogens with zero attached hydrogens (tertiary/aromatic N) is 6. The van der Waals surface area contributed by atoms with Gasteiger partial charge in [-0.3, -0.25) is 0 Å². The maximum atomic E-state index is 8.49. The predicted molar refractivity (Wildman–Crippen MR) is 178 cm³/mol. The fourth-order valence-electron chi connectivity index (χ4n) is 7.20. The van der Waals surface area contributed by atoms with E-state index in [1.54, 1.807) is 0 Å². The fraction of sp³-hybridized carbons (Fsp3) is 0.875. The van der Waals surface area contributed by atoms with Crippen molar-refractivity contribution in [3.05, 3.63) is 54.7 Å². The van der Waals surface area contributed by atoms with Crippen molar-refractivity contribution in [2.45, 2.75) is 137 Å². The second-order valence-corrected chi connectivity index (χ2v) is 15.6. The molecule has 0 spiro atoms. The zero-order valence-electron chi connectivity index (χ0n) is 27.4. The molecule has 6 rings (SSSR count). The second kappa shape index (κ2) is 21.6. The van der Waals surface area contributed by atoms with Crippen molar-refractivity contribution < 1.29 is 45.9 Å². The summed E-state index contributed by atoms with van der Waals surface area (Å²) < 4.78 is 34.0. The van der Waals surface area contributed by atoms with Gasteiger partial charge in [0.05, 0.1) is 0 Å². The Hall–Kier alpha value is 0.429. The zero-order valence-corrected chi connectivity index (χ0v) is 31.0. The maximum Gasteiger partial charge on any atom is 2.00 e. The van der Waals surface area contributed by atoms with Crippen LogP contribution in [0.4, 0.5) is 0 Å². The molecular weight excluding hydrogens is 687 g/mol. The van der Waals surface area contributed by atoms with Crippen molar-refractivity contribution in [1.82, 2.24) is 0 Å². The molecule has 0 amide bonds. The Morgan fingerprint density at radius 1 is 0.652 bits per heavy atom. The average molecular weight is 739 g/mol. The van der Waals surface area contributed by atoms with Crippen LogP contribution in [0.1, 0.15) is 89.9 Å². The summed E-state index contributed by atoms with van der Waals surface area (Å²) in [4.78, 5) is 1.35.